The fourth-order valence-electron chi connectivity index (χ4n) is 5.79. The molecule has 0 saturated carbocycles. The smallest absolute Gasteiger partial charge is 0.227 e. The van der Waals surface area contributed by atoms with Crippen LogP contribution in [0.1, 0.15) is 51.2 Å². The third-order valence-corrected chi connectivity index (χ3v) is 7.88. The van der Waals surface area contributed by atoms with Crippen molar-refractivity contribution < 1.29 is 9.90 Å². The summed E-state index contributed by atoms with van der Waals surface area (Å²) in [5, 5.41) is 10.5. The molecule has 0 spiro atoms. The normalized spacial score (nSPS) is 33.6. The Morgan fingerprint density at radius 2 is 2.00 bits per heavy atom. The third kappa shape index (κ3) is 2.41. The van der Waals surface area contributed by atoms with E-state index in [-0.39, 0.29) is 22.8 Å². The van der Waals surface area contributed by atoms with Crippen LogP contribution in [0.4, 0.5) is 0 Å². The van der Waals surface area contributed by atoms with Gasteiger partial charge in [-0.1, -0.05) is 32.9 Å². The van der Waals surface area contributed by atoms with Gasteiger partial charge in [-0.05, 0) is 61.9 Å². The molecule has 26 heavy (non-hydrogen) atoms. The van der Waals surface area contributed by atoms with Crippen LogP contribution in [-0.4, -0.2) is 53.5 Å². The molecule has 4 heteroatoms. The van der Waals surface area contributed by atoms with Crippen LogP contribution in [0.3, 0.4) is 0 Å². The lowest BCUT2D eigenvalue weighted by Gasteiger charge is -2.61. The number of carbonyl (C=O) groups excluding carboxylic acids is 1. The number of amides is 1. The summed E-state index contributed by atoms with van der Waals surface area (Å²) in [5.41, 5.74) is 2.31. The van der Waals surface area contributed by atoms with E-state index in [1.807, 2.05) is 6.07 Å². The number of fused-ring (bicyclic) bond motifs is 4. The SMILES string of the molecule is CN1CCCC(C(=O)N2CC[C@@]3(C)c4cccc(O)c4C[C@@H]2C3(C)C)C1. The standard InChI is InChI=1S/C22H32N2O2/c1-21(2)19-13-16-17(8-5-9-18(16)25)22(21,3)10-12-24(19)20(26)15-7-6-11-23(4)14-15/h5,8-9,15,19,25H,6-7,10-14H2,1-4H3/t15?,19-,22+/m1/s1. The first-order chi connectivity index (χ1) is 12.3. The van der Waals surface area contributed by atoms with Crippen molar-refractivity contribution in [3.05, 3.63) is 29.3 Å². The van der Waals surface area contributed by atoms with Gasteiger partial charge in [-0.25, -0.2) is 0 Å². The molecule has 2 fully saturated rings. The van der Waals surface area contributed by atoms with Gasteiger partial charge in [-0.3, -0.25) is 4.79 Å². The van der Waals surface area contributed by atoms with Gasteiger partial charge in [0, 0.05) is 24.5 Å². The lowest BCUT2D eigenvalue weighted by Crippen LogP contribution is -2.66. The Morgan fingerprint density at radius 1 is 1.23 bits per heavy atom. The monoisotopic (exact) mass is 356 g/mol. The zero-order valence-electron chi connectivity index (χ0n) is 16.6. The number of phenols is 1. The molecule has 1 aromatic rings. The van der Waals surface area contributed by atoms with Gasteiger partial charge in [0.05, 0.1) is 5.92 Å². The molecule has 4 rings (SSSR count). The maximum atomic E-state index is 13.4. The van der Waals surface area contributed by atoms with Crippen molar-refractivity contribution in [1.29, 1.82) is 0 Å². The number of hydrogen-bond donors (Lipinski definition) is 1. The molecule has 1 unspecified atom stereocenters. The van der Waals surface area contributed by atoms with Gasteiger partial charge in [-0.2, -0.15) is 0 Å². The molecule has 1 amide bonds. The number of aromatic hydroxyl groups is 1. The topological polar surface area (TPSA) is 43.8 Å². The van der Waals surface area contributed by atoms with Gasteiger partial charge in [0.1, 0.15) is 5.75 Å². The predicted octanol–water partition coefficient (Wildman–Crippen LogP) is 3.17. The van der Waals surface area contributed by atoms with Crippen molar-refractivity contribution >= 4 is 5.91 Å². The molecule has 3 aliphatic rings. The molecule has 3 atom stereocenters. The average Bonchev–Trinajstić information content (AvgIpc) is 2.58. The van der Waals surface area contributed by atoms with Crippen molar-refractivity contribution in [3.8, 4) is 5.75 Å². The highest BCUT2D eigenvalue weighted by Crippen LogP contribution is 2.57. The second kappa shape index (κ2) is 5.98. The van der Waals surface area contributed by atoms with E-state index in [1.165, 1.54) is 5.56 Å². The Labute approximate surface area is 157 Å². The van der Waals surface area contributed by atoms with Crippen LogP contribution in [0.2, 0.25) is 0 Å². The van der Waals surface area contributed by atoms with Crippen molar-refractivity contribution in [1.82, 2.24) is 9.80 Å². The zero-order valence-corrected chi connectivity index (χ0v) is 16.6. The average molecular weight is 357 g/mol. The maximum Gasteiger partial charge on any atom is 0.227 e. The highest BCUT2D eigenvalue weighted by Gasteiger charge is 2.57. The van der Waals surface area contributed by atoms with Gasteiger partial charge < -0.3 is 14.9 Å². The van der Waals surface area contributed by atoms with Crippen molar-refractivity contribution in [2.45, 2.75) is 57.9 Å². The highest BCUT2D eigenvalue weighted by atomic mass is 16.3. The first-order valence-corrected chi connectivity index (χ1v) is 10.1. The number of rotatable bonds is 1. The van der Waals surface area contributed by atoms with Crippen molar-refractivity contribution in [2.24, 2.45) is 11.3 Å². The van der Waals surface area contributed by atoms with E-state index in [0.29, 0.717) is 11.7 Å². The Balaban J connectivity index is 1.70. The molecule has 1 aromatic carbocycles. The summed E-state index contributed by atoms with van der Waals surface area (Å²) in [6.45, 7) is 9.76. The largest absolute Gasteiger partial charge is 0.508 e. The van der Waals surface area contributed by atoms with Crippen LogP contribution >= 0.6 is 0 Å². The van der Waals surface area contributed by atoms with Crippen LogP contribution in [0.15, 0.2) is 18.2 Å². The zero-order chi connectivity index (χ0) is 18.7. The van der Waals surface area contributed by atoms with E-state index in [4.69, 9.17) is 0 Å². The predicted molar refractivity (Wildman–Crippen MR) is 103 cm³/mol. The molecular formula is C22H32N2O2. The summed E-state index contributed by atoms with van der Waals surface area (Å²) in [5.74, 6) is 0.844. The second-order valence-electron chi connectivity index (χ2n) is 9.46. The quantitative estimate of drug-likeness (QED) is 0.840. The molecule has 2 bridgehead atoms. The number of nitrogens with zero attached hydrogens (tertiary/aromatic N) is 2. The molecule has 0 radical (unpaired) electrons. The van der Waals surface area contributed by atoms with Crippen LogP contribution in [0.25, 0.3) is 0 Å². The molecule has 0 aromatic heterocycles. The Hall–Kier alpha value is -1.55. The minimum atomic E-state index is -0.0116. The number of phenolic OH excluding ortho intramolecular Hbond substituents is 1. The molecule has 2 heterocycles. The molecule has 2 aliphatic heterocycles. The Bertz CT molecular complexity index is 729. The van der Waals surface area contributed by atoms with E-state index in [0.717, 1.165) is 50.9 Å². The third-order valence-electron chi connectivity index (χ3n) is 7.88. The highest BCUT2D eigenvalue weighted by molar-refractivity contribution is 5.80. The number of likely N-dealkylation sites (tertiary alicyclic amines) is 2. The summed E-state index contributed by atoms with van der Waals surface area (Å²) < 4.78 is 0. The summed E-state index contributed by atoms with van der Waals surface area (Å²) in [7, 11) is 2.12. The molecule has 1 aliphatic carbocycles. The summed E-state index contributed by atoms with van der Waals surface area (Å²) >= 11 is 0. The van der Waals surface area contributed by atoms with E-state index in [2.05, 4.69) is 43.7 Å². The van der Waals surface area contributed by atoms with E-state index >= 15 is 0 Å². The van der Waals surface area contributed by atoms with Gasteiger partial charge in [0.15, 0.2) is 0 Å². The number of carbonyl (C=O) groups is 1. The van der Waals surface area contributed by atoms with Crippen LogP contribution in [-0.2, 0) is 16.6 Å². The van der Waals surface area contributed by atoms with E-state index < -0.39 is 0 Å². The van der Waals surface area contributed by atoms with Gasteiger partial charge in [0.25, 0.3) is 0 Å². The van der Waals surface area contributed by atoms with Crippen LogP contribution in [0.5, 0.6) is 5.75 Å². The minimum absolute atomic E-state index is 0.00980. The minimum Gasteiger partial charge on any atom is -0.508 e. The summed E-state index contributed by atoms with van der Waals surface area (Å²) in [4.78, 5) is 17.9. The fourth-order valence-corrected chi connectivity index (χ4v) is 5.79. The fraction of sp³-hybridized carbons (Fsp3) is 0.682. The molecule has 2 saturated heterocycles. The second-order valence-corrected chi connectivity index (χ2v) is 9.46. The summed E-state index contributed by atoms with van der Waals surface area (Å²) in [6.07, 6.45) is 3.84. The maximum absolute atomic E-state index is 13.4. The number of benzene rings is 1. The summed E-state index contributed by atoms with van der Waals surface area (Å²) in [6, 6.07) is 6.09. The Kier molecular flexibility index (Phi) is 4.11. The lowest BCUT2D eigenvalue weighted by atomic mass is 9.51. The number of piperidine rings is 2. The van der Waals surface area contributed by atoms with Gasteiger partial charge in [-0.15, -0.1) is 0 Å². The van der Waals surface area contributed by atoms with Crippen LogP contribution < -0.4 is 0 Å². The van der Waals surface area contributed by atoms with Crippen LogP contribution in [0, 0.1) is 11.3 Å². The lowest BCUT2D eigenvalue weighted by molar-refractivity contribution is -0.149. The first kappa shape index (κ1) is 17.8. The van der Waals surface area contributed by atoms with Crippen molar-refractivity contribution in [3.63, 3.8) is 0 Å². The molecule has 4 nitrogen and oxygen atoms in total. The van der Waals surface area contributed by atoms with Gasteiger partial charge in [0.2, 0.25) is 5.91 Å². The van der Waals surface area contributed by atoms with E-state index in [9.17, 15) is 9.90 Å². The van der Waals surface area contributed by atoms with Crippen molar-refractivity contribution in [2.75, 3.05) is 26.7 Å². The first-order valence-electron chi connectivity index (χ1n) is 10.1. The molecular weight excluding hydrogens is 324 g/mol. The number of hydrogen-bond acceptors (Lipinski definition) is 3. The van der Waals surface area contributed by atoms with E-state index in [1.54, 1.807) is 6.07 Å². The van der Waals surface area contributed by atoms with Gasteiger partial charge >= 0.3 is 0 Å². The molecule has 1 N–H and O–H groups in total. The molecule has 142 valence electrons. The Morgan fingerprint density at radius 3 is 2.73 bits per heavy atom.